The van der Waals surface area contributed by atoms with Gasteiger partial charge in [-0.3, -0.25) is 19.2 Å². The van der Waals surface area contributed by atoms with Crippen molar-refractivity contribution in [3.05, 3.63) is 18.0 Å². The van der Waals surface area contributed by atoms with Crippen LogP contribution in [-0.4, -0.2) is 64.2 Å². The van der Waals surface area contributed by atoms with E-state index >= 15 is 0 Å². The number of β-lactam (4-membered cyclic amide) rings is 1. The summed E-state index contributed by atoms with van der Waals surface area (Å²) in [6.07, 6.45) is 1.39. The van der Waals surface area contributed by atoms with Crippen LogP contribution in [0.25, 0.3) is 0 Å². The quantitative estimate of drug-likeness (QED) is 0.251. The summed E-state index contributed by atoms with van der Waals surface area (Å²) in [5, 5.41) is 12.0. The van der Waals surface area contributed by atoms with Crippen LogP contribution in [0.3, 0.4) is 0 Å². The van der Waals surface area contributed by atoms with Crippen LogP contribution in [0.1, 0.15) is 12.6 Å². The molecule has 120 valence electrons. The number of amides is 2. The molecular weight excluding hydrogens is 318 g/mol. The van der Waals surface area contributed by atoms with Crippen molar-refractivity contribution in [3.8, 4) is 0 Å². The summed E-state index contributed by atoms with van der Waals surface area (Å²) in [5.41, 5.74) is 0.0933. The van der Waals surface area contributed by atoms with Gasteiger partial charge in [-0.25, -0.2) is 4.31 Å². The lowest BCUT2D eigenvalue weighted by atomic mass is 10.0. The Balaban J connectivity index is 2.13. The van der Waals surface area contributed by atoms with E-state index in [2.05, 4.69) is 25.5 Å². The number of carbonyl (C=O) groups is 2. The van der Waals surface area contributed by atoms with Gasteiger partial charge in [-0.15, -0.1) is 0 Å². The minimum Gasteiger partial charge on any atom is -0.398 e. The van der Waals surface area contributed by atoms with Crippen molar-refractivity contribution in [3.63, 3.8) is 0 Å². The van der Waals surface area contributed by atoms with Gasteiger partial charge in [0.25, 0.3) is 11.8 Å². The average Bonchev–Trinajstić information content (AvgIpc) is 2.94. The SMILES string of the molecule is CO/N=C(\C(=O)N[C@H]1C(=O)N(S(=O)(=O)O)[C@@H]1C)c1ccn[nH]1. The van der Waals surface area contributed by atoms with E-state index in [1.54, 1.807) is 0 Å². The fraction of sp³-hybridized carbons (Fsp3) is 0.400. The molecule has 22 heavy (non-hydrogen) atoms. The minimum absolute atomic E-state index is 0.162. The average molecular weight is 331 g/mol. The Hall–Kier alpha value is -2.47. The molecular formula is C10H13N5O6S. The van der Waals surface area contributed by atoms with E-state index in [9.17, 15) is 18.0 Å². The summed E-state index contributed by atoms with van der Waals surface area (Å²) >= 11 is 0. The van der Waals surface area contributed by atoms with Crippen molar-refractivity contribution < 1.29 is 27.4 Å². The van der Waals surface area contributed by atoms with Crippen molar-refractivity contribution >= 4 is 27.8 Å². The number of aromatic nitrogens is 2. The molecule has 0 bridgehead atoms. The van der Waals surface area contributed by atoms with Gasteiger partial charge in [0.2, 0.25) is 0 Å². The zero-order chi connectivity index (χ0) is 16.5. The van der Waals surface area contributed by atoms with E-state index in [1.807, 2.05) is 0 Å². The molecule has 1 fully saturated rings. The first-order valence-electron chi connectivity index (χ1n) is 5.99. The van der Waals surface area contributed by atoms with Crippen molar-refractivity contribution in [1.29, 1.82) is 0 Å². The van der Waals surface area contributed by atoms with Crippen molar-refractivity contribution in [2.75, 3.05) is 7.11 Å². The second-order valence-electron chi connectivity index (χ2n) is 4.40. The van der Waals surface area contributed by atoms with E-state index in [0.717, 1.165) is 0 Å². The van der Waals surface area contributed by atoms with Crippen LogP contribution in [0.5, 0.6) is 0 Å². The highest BCUT2D eigenvalue weighted by Gasteiger charge is 2.51. The van der Waals surface area contributed by atoms with Crippen LogP contribution >= 0.6 is 0 Å². The van der Waals surface area contributed by atoms with E-state index in [4.69, 9.17) is 4.55 Å². The van der Waals surface area contributed by atoms with E-state index in [0.29, 0.717) is 0 Å². The first-order chi connectivity index (χ1) is 10.3. The molecule has 1 aliphatic heterocycles. The first-order valence-corrected chi connectivity index (χ1v) is 7.39. The van der Waals surface area contributed by atoms with Gasteiger partial charge in [0, 0.05) is 6.20 Å². The molecule has 1 aliphatic rings. The van der Waals surface area contributed by atoms with Crippen LogP contribution in [0, 0.1) is 0 Å². The number of oxime groups is 1. The molecule has 2 rings (SSSR count). The molecule has 0 spiro atoms. The van der Waals surface area contributed by atoms with Crippen LogP contribution in [0.15, 0.2) is 17.4 Å². The Labute approximate surface area is 125 Å². The minimum atomic E-state index is -4.65. The number of H-pyrrole nitrogens is 1. The Kier molecular flexibility index (Phi) is 4.14. The van der Waals surface area contributed by atoms with Crippen LogP contribution < -0.4 is 5.32 Å². The van der Waals surface area contributed by atoms with Gasteiger partial charge >= 0.3 is 10.3 Å². The summed E-state index contributed by atoms with van der Waals surface area (Å²) in [4.78, 5) is 28.4. The second kappa shape index (κ2) is 5.73. The molecule has 12 heteroatoms. The second-order valence-corrected chi connectivity index (χ2v) is 5.69. The largest absolute Gasteiger partial charge is 0.398 e. The first kappa shape index (κ1) is 15.9. The summed E-state index contributed by atoms with van der Waals surface area (Å²) in [6, 6.07) is -0.551. The number of hydrogen-bond acceptors (Lipinski definition) is 7. The lowest BCUT2D eigenvalue weighted by Crippen LogP contribution is -2.71. The number of aromatic amines is 1. The number of nitrogens with one attached hydrogen (secondary N) is 2. The van der Waals surface area contributed by atoms with Gasteiger partial charge in [0.05, 0.1) is 11.7 Å². The van der Waals surface area contributed by atoms with E-state index in [1.165, 1.54) is 26.3 Å². The summed E-state index contributed by atoms with van der Waals surface area (Å²) in [7, 11) is -3.41. The van der Waals surface area contributed by atoms with Gasteiger partial charge in [0.1, 0.15) is 13.2 Å². The molecule has 2 amide bonds. The zero-order valence-corrected chi connectivity index (χ0v) is 12.4. The molecule has 11 nitrogen and oxygen atoms in total. The van der Waals surface area contributed by atoms with Gasteiger partial charge in [-0.1, -0.05) is 5.16 Å². The number of carbonyl (C=O) groups excluding carboxylic acids is 2. The van der Waals surface area contributed by atoms with Gasteiger partial charge in [-0.05, 0) is 13.0 Å². The van der Waals surface area contributed by atoms with E-state index < -0.39 is 34.2 Å². The third-order valence-corrected chi connectivity index (χ3v) is 4.03. The maximum absolute atomic E-state index is 12.1. The lowest BCUT2D eigenvalue weighted by molar-refractivity contribution is -0.143. The zero-order valence-electron chi connectivity index (χ0n) is 11.5. The maximum Gasteiger partial charge on any atom is 0.362 e. The van der Waals surface area contributed by atoms with Crippen molar-refractivity contribution in [2.45, 2.75) is 19.0 Å². The van der Waals surface area contributed by atoms with Crippen molar-refractivity contribution in [2.24, 2.45) is 5.16 Å². The molecule has 0 aliphatic carbocycles. The highest BCUT2D eigenvalue weighted by Crippen LogP contribution is 2.22. The molecule has 1 saturated heterocycles. The highest BCUT2D eigenvalue weighted by atomic mass is 32.2. The molecule has 1 aromatic rings. The fourth-order valence-electron chi connectivity index (χ4n) is 2.01. The third-order valence-electron chi connectivity index (χ3n) is 3.02. The van der Waals surface area contributed by atoms with Gasteiger partial charge < -0.3 is 10.2 Å². The van der Waals surface area contributed by atoms with Gasteiger partial charge in [0.15, 0.2) is 5.71 Å². The van der Waals surface area contributed by atoms with Crippen molar-refractivity contribution in [1.82, 2.24) is 19.8 Å². The monoisotopic (exact) mass is 331 g/mol. The predicted molar refractivity (Wildman–Crippen MR) is 71.9 cm³/mol. The lowest BCUT2D eigenvalue weighted by Gasteiger charge is -2.42. The summed E-state index contributed by atoms with van der Waals surface area (Å²) in [5.74, 6) is -1.70. The Bertz CT molecular complexity index is 712. The number of hydrogen-bond donors (Lipinski definition) is 3. The van der Waals surface area contributed by atoms with Crippen LogP contribution in [0.4, 0.5) is 0 Å². The molecule has 0 aromatic carbocycles. The third kappa shape index (κ3) is 2.78. The normalized spacial score (nSPS) is 22.2. The molecule has 1 aromatic heterocycles. The standard InChI is InChI=1S/C10H13N5O6S/c1-5-7(10(17)15(5)22(18,19)20)12-9(16)8(14-21-2)6-3-4-11-13-6/h3-5,7H,1-2H3,(H,11,13)(H,12,16)(H,18,19,20)/b14-8-/t5-,7-/m1/s1. The number of rotatable bonds is 5. The topological polar surface area (TPSA) is 154 Å². The molecule has 3 N–H and O–H groups in total. The highest BCUT2D eigenvalue weighted by molar-refractivity contribution is 7.84. The molecule has 0 unspecified atom stereocenters. The smallest absolute Gasteiger partial charge is 0.362 e. The summed E-state index contributed by atoms with van der Waals surface area (Å²) < 4.78 is 31.1. The fourth-order valence-corrected chi connectivity index (χ4v) is 2.89. The Morgan fingerprint density at radius 3 is 2.73 bits per heavy atom. The maximum atomic E-state index is 12.1. The predicted octanol–water partition coefficient (Wildman–Crippen LogP) is -1.72. The Morgan fingerprint density at radius 2 is 2.27 bits per heavy atom. The van der Waals surface area contributed by atoms with Gasteiger partial charge in [-0.2, -0.15) is 13.5 Å². The van der Waals surface area contributed by atoms with Crippen LogP contribution in [0.2, 0.25) is 0 Å². The molecule has 0 saturated carbocycles. The summed E-state index contributed by atoms with van der Waals surface area (Å²) in [6.45, 7) is 1.36. The van der Waals surface area contributed by atoms with Crippen LogP contribution in [-0.2, 0) is 24.7 Å². The molecule has 2 atom stereocenters. The Morgan fingerprint density at radius 1 is 1.59 bits per heavy atom. The molecule has 2 heterocycles. The van der Waals surface area contributed by atoms with E-state index in [-0.39, 0.29) is 15.7 Å². The molecule has 0 radical (unpaired) electrons. The number of nitrogens with zero attached hydrogens (tertiary/aromatic N) is 3.